The van der Waals surface area contributed by atoms with Gasteiger partial charge in [-0.3, -0.25) is 9.78 Å². The quantitative estimate of drug-likeness (QED) is 0.528. The molecule has 12 heteroatoms. The lowest BCUT2D eigenvalue weighted by atomic mass is 10.1. The molecule has 1 amide bonds. The fourth-order valence-corrected chi connectivity index (χ4v) is 5.92. The predicted molar refractivity (Wildman–Crippen MR) is 139 cm³/mol. The van der Waals surface area contributed by atoms with Gasteiger partial charge in [0.05, 0.1) is 42.1 Å². The predicted octanol–water partition coefficient (Wildman–Crippen LogP) is 2.13. The Balaban J connectivity index is 1.30. The molecule has 1 atom stereocenters. The molecule has 3 fully saturated rings. The molecule has 36 heavy (non-hydrogen) atoms. The number of nitrogens with zero attached hydrogens (tertiary/aromatic N) is 7. The van der Waals surface area contributed by atoms with Crippen LogP contribution in [0, 0.1) is 0 Å². The summed E-state index contributed by atoms with van der Waals surface area (Å²) in [5.41, 5.74) is 1.60. The summed E-state index contributed by atoms with van der Waals surface area (Å²) in [6.07, 6.45) is 6.80. The second-order valence-corrected chi connectivity index (χ2v) is 10.4. The fourth-order valence-electron chi connectivity index (χ4n) is 4.93. The van der Waals surface area contributed by atoms with E-state index in [1.54, 1.807) is 17.5 Å². The molecular formula is C24H30N8O3S. The standard InChI is InChI=1S/C24H30N8O3S/c33-16-4-7-32(15-16)20-14-25-13-18(26-20)23(34)27-17-12-19-21(28-22(17)30-5-2-1-3-6-30)29-24(36-19)31-8-10-35-11-9-31/h12-14,16,33H,1-11,15H2,(H,27,34)/t16-/m0/s1. The third-order valence-corrected chi connectivity index (χ3v) is 7.93. The number of hydrogen-bond acceptors (Lipinski definition) is 11. The number of rotatable bonds is 5. The normalized spacial score (nSPS) is 20.8. The van der Waals surface area contributed by atoms with Crippen LogP contribution in [0.15, 0.2) is 18.5 Å². The molecule has 0 saturated carbocycles. The number of piperidine rings is 1. The Morgan fingerprint density at radius 3 is 2.61 bits per heavy atom. The molecule has 0 radical (unpaired) electrons. The molecule has 3 aromatic rings. The number of aliphatic hydroxyl groups is 1. The summed E-state index contributed by atoms with van der Waals surface area (Å²) in [5.74, 6) is 1.02. The molecule has 3 aromatic heterocycles. The van der Waals surface area contributed by atoms with Crippen molar-refractivity contribution >= 4 is 50.0 Å². The van der Waals surface area contributed by atoms with Gasteiger partial charge in [0, 0.05) is 39.3 Å². The average Bonchev–Trinajstić information content (AvgIpc) is 3.55. The van der Waals surface area contributed by atoms with E-state index in [-0.39, 0.29) is 17.7 Å². The molecule has 0 unspecified atom stereocenters. The zero-order valence-corrected chi connectivity index (χ0v) is 20.9. The van der Waals surface area contributed by atoms with Crippen molar-refractivity contribution in [3.63, 3.8) is 0 Å². The van der Waals surface area contributed by atoms with Gasteiger partial charge in [-0.05, 0) is 31.7 Å². The highest BCUT2D eigenvalue weighted by Crippen LogP contribution is 2.35. The van der Waals surface area contributed by atoms with E-state index in [9.17, 15) is 9.90 Å². The van der Waals surface area contributed by atoms with E-state index in [1.165, 1.54) is 12.6 Å². The van der Waals surface area contributed by atoms with Crippen molar-refractivity contribution in [3.05, 3.63) is 24.2 Å². The Hall–Kier alpha value is -3.09. The monoisotopic (exact) mass is 510 g/mol. The van der Waals surface area contributed by atoms with Gasteiger partial charge >= 0.3 is 0 Å². The third kappa shape index (κ3) is 4.80. The summed E-state index contributed by atoms with van der Waals surface area (Å²) >= 11 is 1.58. The van der Waals surface area contributed by atoms with Crippen LogP contribution in [0.25, 0.3) is 10.3 Å². The number of fused-ring (bicyclic) bond motifs is 1. The maximum atomic E-state index is 13.3. The molecule has 2 N–H and O–H groups in total. The summed E-state index contributed by atoms with van der Waals surface area (Å²) in [5, 5.41) is 13.9. The van der Waals surface area contributed by atoms with E-state index in [1.807, 2.05) is 11.0 Å². The van der Waals surface area contributed by atoms with Gasteiger partial charge < -0.3 is 29.9 Å². The largest absolute Gasteiger partial charge is 0.391 e. The Labute approximate surface area is 213 Å². The highest BCUT2D eigenvalue weighted by molar-refractivity contribution is 7.22. The SMILES string of the molecule is O=C(Nc1cc2sc(N3CCOCC3)nc2nc1N1CCCCC1)c1cncc(N2CC[C@H](O)C2)n1. The molecule has 11 nitrogen and oxygen atoms in total. The van der Waals surface area contributed by atoms with Crippen LogP contribution in [-0.4, -0.2) is 89.5 Å². The lowest BCUT2D eigenvalue weighted by Crippen LogP contribution is -2.36. The number of β-amino-alcohol motifs (C(OH)–C–C–N with tert-alkyl or cyclic N) is 1. The summed E-state index contributed by atoms with van der Waals surface area (Å²) < 4.78 is 6.41. The fraction of sp³-hybridized carbons (Fsp3) is 0.542. The molecule has 3 saturated heterocycles. The number of aliphatic hydroxyl groups excluding tert-OH is 1. The van der Waals surface area contributed by atoms with Gasteiger partial charge in [-0.25, -0.2) is 9.97 Å². The van der Waals surface area contributed by atoms with E-state index < -0.39 is 0 Å². The first kappa shape index (κ1) is 23.3. The van der Waals surface area contributed by atoms with Crippen molar-refractivity contribution in [1.29, 1.82) is 0 Å². The number of ether oxygens (including phenoxy) is 1. The zero-order chi connectivity index (χ0) is 24.5. The highest BCUT2D eigenvalue weighted by Gasteiger charge is 2.25. The molecule has 6 rings (SSSR count). The first-order valence-electron chi connectivity index (χ1n) is 12.6. The average molecular weight is 511 g/mol. The zero-order valence-electron chi connectivity index (χ0n) is 20.1. The van der Waals surface area contributed by atoms with Gasteiger partial charge in [-0.1, -0.05) is 11.3 Å². The second kappa shape index (κ2) is 10.1. The molecule has 6 heterocycles. The van der Waals surface area contributed by atoms with Gasteiger partial charge in [0.1, 0.15) is 11.5 Å². The number of nitrogens with one attached hydrogen (secondary N) is 1. The van der Waals surface area contributed by atoms with Gasteiger partial charge in [0.25, 0.3) is 5.91 Å². The van der Waals surface area contributed by atoms with Crippen molar-refractivity contribution in [2.24, 2.45) is 0 Å². The lowest BCUT2D eigenvalue weighted by Gasteiger charge is -2.29. The number of aromatic nitrogens is 4. The smallest absolute Gasteiger partial charge is 0.276 e. The van der Waals surface area contributed by atoms with Crippen LogP contribution in [0.2, 0.25) is 0 Å². The van der Waals surface area contributed by atoms with E-state index in [4.69, 9.17) is 14.7 Å². The van der Waals surface area contributed by atoms with Crippen molar-refractivity contribution in [2.45, 2.75) is 31.8 Å². The van der Waals surface area contributed by atoms with Crippen LogP contribution in [-0.2, 0) is 4.74 Å². The van der Waals surface area contributed by atoms with Gasteiger partial charge in [0.2, 0.25) is 0 Å². The van der Waals surface area contributed by atoms with Crippen LogP contribution in [0.1, 0.15) is 36.2 Å². The number of thiazole rings is 1. The molecule has 3 aliphatic heterocycles. The number of carbonyl (C=O) groups is 1. The molecule has 190 valence electrons. The van der Waals surface area contributed by atoms with Crippen molar-refractivity contribution < 1.29 is 14.6 Å². The molecule has 0 aliphatic carbocycles. The Bertz CT molecular complexity index is 1240. The maximum absolute atomic E-state index is 13.3. The minimum absolute atomic E-state index is 0.233. The van der Waals surface area contributed by atoms with Crippen LogP contribution in [0.3, 0.4) is 0 Å². The number of amides is 1. The van der Waals surface area contributed by atoms with Crippen molar-refractivity contribution in [2.75, 3.05) is 72.5 Å². The second-order valence-electron chi connectivity index (χ2n) is 9.43. The van der Waals surface area contributed by atoms with E-state index in [2.05, 4.69) is 25.1 Å². The van der Waals surface area contributed by atoms with Crippen molar-refractivity contribution in [1.82, 2.24) is 19.9 Å². The lowest BCUT2D eigenvalue weighted by molar-refractivity contribution is 0.102. The van der Waals surface area contributed by atoms with Crippen LogP contribution < -0.4 is 20.0 Å². The highest BCUT2D eigenvalue weighted by atomic mass is 32.1. The van der Waals surface area contributed by atoms with Gasteiger partial charge in [-0.2, -0.15) is 4.98 Å². The van der Waals surface area contributed by atoms with Crippen molar-refractivity contribution in [3.8, 4) is 0 Å². The van der Waals surface area contributed by atoms with Gasteiger partial charge in [0.15, 0.2) is 16.6 Å². The van der Waals surface area contributed by atoms with Crippen LogP contribution >= 0.6 is 11.3 Å². The van der Waals surface area contributed by atoms with Crippen LogP contribution in [0.5, 0.6) is 0 Å². The van der Waals surface area contributed by atoms with E-state index >= 15 is 0 Å². The van der Waals surface area contributed by atoms with E-state index in [0.717, 1.165) is 54.7 Å². The number of carbonyl (C=O) groups excluding carboxylic acids is 1. The third-order valence-electron chi connectivity index (χ3n) is 6.88. The topological polar surface area (TPSA) is 120 Å². The number of pyridine rings is 1. The Morgan fingerprint density at radius 2 is 1.83 bits per heavy atom. The molecule has 0 bridgehead atoms. The number of morpholine rings is 1. The molecular weight excluding hydrogens is 480 g/mol. The Morgan fingerprint density at radius 1 is 1.00 bits per heavy atom. The summed E-state index contributed by atoms with van der Waals surface area (Å²) in [6.45, 7) is 5.99. The van der Waals surface area contributed by atoms with Gasteiger partial charge in [-0.15, -0.1) is 0 Å². The first-order valence-corrected chi connectivity index (χ1v) is 13.4. The first-order chi connectivity index (χ1) is 17.6. The molecule has 3 aliphatic rings. The minimum atomic E-state index is -0.379. The number of hydrogen-bond donors (Lipinski definition) is 2. The number of anilines is 4. The maximum Gasteiger partial charge on any atom is 0.276 e. The Kier molecular flexibility index (Phi) is 6.55. The minimum Gasteiger partial charge on any atom is -0.391 e. The molecule has 0 aromatic carbocycles. The van der Waals surface area contributed by atoms with E-state index in [0.29, 0.717) is 49.9 Å². The summed E-state index contributed by atoms with van der Waals surface area (Å²) in [7, 11) is 0. The summed E-state index contributed by atoms with van der Waals surface area (Å²) in [4.78, 5) is 38.2. The molecule has 0 spiro atoms. The van der Waals surface area contributed by atoms with Crippen LogP contribution in [0.4, 0.5) is 22.5 Å². The summed E-state index contributed by atoms with van der Waals surface area (Å²) in [6, 6.07) is 1.99.